The first-order valence-corrected chi connectivity index (χ1v) is 10.5. The molecule has 0 radical (unpaired) electrons. The highest BCUT2D eigenvalue weighted by Gasteiger charge is 2.22. The first-order chi connectivity index (χ1) is 14.7. The number of nitro groups is 1. The Hall–Kier alpha value is -3.80. The molecule has 0 amide bonds. The molecule has 0 saturated carbocycles. The number of aromatic nitrogens is 2. The summed E-state index contributed by atoms with van der Waals surface area (Å²) in [5, 5.41) is 14.7. The number of nitro benzene ring substituents is 1. The largest absolute Gasteiger partial charge is 0.452 e. The van der Waals surface area contributed by atoms with Crippen LogP contribution in [0.4, 0.5) is 11.4 Å². The molecule has 0 aliphatic rings. The minimum absolute atomic E-state index is 0.0390. The van der Waals surface area contributed by atoms with Crippen LogP contribution < -0.4 is 4.72 Å². The summed E-state index contributed by atoms with van der Waals surface area (Å²) >= 11 is 0. The number of non-ortho nitro benzene ring substituents is 1. The van der Waals surface area contributed by atoms with Crippen molar-refractivity contribution in [3.05, 3.63) is 75.9 Å². The minimum Gasteiger partial charge on any atom is -0.452 e. The predicted molar refractivity (Wildman–Crippen MR) is 108 cm³/mol. The third kappa shape index (κ3) is 5.22. The number of ether oxygens (including phenoxy) is 1. The second-order valence-corrected chi connectivity index (χ2v) is 8.37. The zero-order valence-corrected chi connectivity index (χ0v) is 17.3. The molecule has 1 aromatic heterocycles. The maximum Gasteiger partial charge on any atom is 0.340 e. The summed E-state index contributed by atoms with van der Waals surface area (Å²) in [5.74, 6) is -0.207. The Morgan fingerprint density at radius 3 is 2.65 bits per heavy atom. The number of carbonyl (C=O) groups is 1. The number of nitrogens with zero attached hydrogens (tertiary/aromatic N) is 3. The molecule has 0 unspecified atom stereocenters. The molecule has 3 rings (SSSR count). The summed E-state index contributed by atoms with van der Waals surface area (Å²) in [7, 11) is -4.20. The Morgan fingerprint density at radius 1 is 1.23 bits per heavy atom. The van der Waals surface area contributed by atoms with Gasteiger partial charge in [-0.3, -0.25) is 14.8 Å². The van der Waals surface area contributed by atoms with Crippen LogP contribution in [0.3, 0.4) is 0 Å². The van der Waals surface area contributed by atoms with E-state index < -0.39 is 20.9 Å². The summed E-state index contributed by atoms with van der Waals surface area (Å²) < 4.78 is 37.8. The van der Waals surface area contributed by atoms with Crippen LogP contribution in [-0.2, 0) is 21.4 Å². The molecule has 162 valence electrons. The van der Waals surface area contributed by atoms with E-state index in [1.54, 1.807) is 0 Å². The van der Waals surface area contributed by atoms with Gasteiger partial charge >= 0.3 is 5.97 Å². The number of hydrogen-bond acceptors (Lipinski definition) is 9. The summed E-state index contributed by atoms with van der Waals surface area (Å²) in [5.41, 5.74) is -0.483. The normalized spacial score (nSPS) is 11.3. The summed E-state index contributed by atoms with van der Waals surface area (Å²) in [6.45, 7) is 3.47. The Bertz CT molecular complexity index is 1220. The van der Waals surface area contributed by atoms with Crippen molar-refractivity contribution >= 4 is 27.4 Å². The van der Waals surface area contributed by atoms with Gasteiger partial charge in [0.15, 0.2) is 12.4 Å². The van der Waals surface area contributed by atoms with Crippen molar-refractivity contribution in [1.29, 1.82) is 0 Å². The molecule has 1 N–H and O–H groups in total. The van der Waals surface area contributed by atoms with Gasteiger partial charge in [0, 0.05) is 18.1 Å². The van der Waals surface area contributed by atoms with E-state index in [1.807, 2.05) is 13.8 Å². The lowest BCUT2D eigenvalue weighted by atomic mass is 10.2. The summed E-state index contributed by atoms with van der Waals surface area (Å²) in [4.78, 5) is 26.5. The molecule has 0 bridgehead atoms. The van der Waals surface area contributed by atoms with Gasteiger partial charge in [0.1, 0.15) is 0 Å². The molecule has 1 heterocycles. The second-order valence-electron chi connectivity index (χ2n) is 6.68. The van der Waals surface area contributed by atoms with Crippen molar-refractivity contribution in [1.82, 2.24) is 10.1 Å². The van der Waals surface area contributed by atoms with Gasteiger partial charge < -0.3 is 9.26 Å². The molecule has 0 aliphatic heterocycles. The Morgan fingerprint density at radius 2 is 1.97 bits per heavy atom. The van der Waals surface area contributed by atoms with Gasteiger partial charge in [-0.15, -0.1) is 0 Å². The first-order valence-electron chi connectivity index (χ1n) is 9.03. The third-order valence-electron chi connectivity index (χ3n) is 4.06. The highest BCUT2D eigenvalue weighted by Crippen LogP contribution is 2.23. The molecule has 11 nitrogen and oxygen atoms in total. The Kier molecular flexibility index (Phi) is 6.30. The van der Waals surface area contributed by atoms with E-state index in [1.165, 1.54) is 42.5 Å². The van der Waals surface area contributed by atoms with Crippen molar-refractivity contribution in [3.8, 4) is 0 Å². The number of carbonyl (C=O) groups excluding carboxylic acids is 1. The van der Waals surface area contributed by atoms with Crippen LogP contribution >= 0.6 is 0 Å². The molecule has 0 fully saturated rings. The van der Waals surface area contributed by atoms with E-state index in [2.05, 4.69) is 14.9 Å². The maximum absolute atomic E-state index is 12.7. The van der Waals surface area contributed by atoms with E-state index >= 15 is 0 Å². The summed E-state index contributed by atoms with van der Waals surface area (Å²) in [6, 6.07) is 10.4. The monoisotopic (exact) mass is 446 g/mol. The van der Waals surface area contributed by atoms with Crippen LogP contribution in [-0.4, -0.2) is 29.5 Å². The van der Waals surface area contributed by atoms with Crippen LogP contribution in [0.5, 0.6) is 0 Å². The third-order valence-corrected chi connectivity index (χ3v) is 5.42. The minimum atomic E-state index is -4.20. The van der Waals surface area contributed by atoms with Gasteiger partial charge in [0.25, 0.3) is 21.6 Å². The highest BCUT2D eigenvalue weighted by atomic mass is 32.2. The van der Waals surface area contributed by atoms with Crippen LogP contribution in [0.2, 0.25) is 0 Å². The van der Waals surface area contributed by atoms with Crippen molar-refractivity contribution in [2.75, 3.05) is 4.72 Å². The topological polar surface area (TPSA) is 155 Å². The zero-order chi connectivity index (χ0) is 22.6. The fourth-order valence-electron chi connectivity index (χ4n) is 2.48. The molecule has 0 spiro atoms. The lowest BCUT2D eigenvalue weighted by Gasteiger charge is -2.12. The smallest absolute Gasteiger partial charge is 0.340 e. The average Bonchev–Trinajstić information content (AvgIpc) is 3.22. The number of esters is 1. The molecule has 3 aromatic rings. The van der Waals surface area contributed by atoms with Crippen molar-refractivity contribution in [2.45, 2.75) is 31.3 Å². The number of nitrogens with one attached hydrogen (secondary N) is 1. The number of sulfonamides is 1. The van der Waals surface area contributed by atoms with E-state index in [0.29, 0.717) is 5.82 Å². The van der Waals surface area contributed by atoms with Gasteiger partial charge in [0.2, 0.25) is 0 Å². The van der Waals surface area contributed by atoms with Crippen LogP contribution in [0.15, 0.2) is 57.9 Å². The number of hydrogen-bond donors (Lipinski definition) is 1. The number of benzene rings is 2. The van der Waals surface area contributed by atoms with E-state index in [9.17, 15) is 23.3 Å². The van der Waals surface area contributed by atoms with Crippen molar-refractivity contribution in [3.63, 3.8) is 0 Å². The molecule has 0 saturated heterocycles. The van der Waals surface area contributed by atoms with Gasteiger partial charge in [-0.25, -0.2) is 13.2 Å². The van der Waals surface area contributed by atoms with E-state index in [-0.39, 0.29) is 40.2 Å². The van der Waals surface area contributed by atoms with Gasteiger partial charge in [-0.1, -0.05) is 37.2 Å². The van der Waals surface area contributed by atoms with Gasteiger partial charge in [-0.05, 0) is 18.2 Å². The highest BCUT2D eigenvalue weighted by molar-refractivity contribution is 7.92. The summed E-state index contributed by atoms with van der Waals surface area (Å²) in [6.07, 6.45) is 0. The molecule has 12 heteroatoms. The van der Waals surface area contributed by atoms with Crippen LogP contribution in [0, 0.1) is 10.1 Å². The van der Waals surface area contributed by atoms with Crippen molar-refractivity contribution in [2.24, 2.45) is 0 Å². The number of anilines is 1. The number of para-hydroxylation sites is 1. The molecule has 31 heavy (non-hydrogen) atoms. The quantitative estimate of drug-likeness (QED) is 0.312. The van der Waals surface area contributed by atoms with Crippen LogP contribution in [0.25, 0.3) is 0 Å². The standard InChI is InChI=1S/C19H18N4O7S/c1-12(2)18-20-17(30-21-18)11-29-19(24)15-8-3-4-9-16(15)22-31(27,28)14-7-5-6-13(10-14)23(25)26/h3-10,12,22H,11H2,1-2H3. The van der Waals surface area contributed by atoms with E-state index in [4.69, 9.17) is 9.26 Å². The van der Waals surface area contributed by atoms with E-state index in [0.717, 1.165) is 6.07 Å². The fourth-order valence-corrected chi connectivity index (χ4v) is 3.60. The van der Waals surface area contributed by atoms with Gasteiger partial charge in [0.05, 0.1) is 21.1 Å². The first kappa shape index (κ1) is 21.9. The van der Waals surface area contributed by atoms with Gasteiger partial charge in [-0.2, -0.15) is 4.98 Å². The fraction of sp³-hybridized carbons (Fsp3) is 0.211. The predicted octanol–water partition coefficient (Wildman–Crippen LogP) is 3.26. The zero-order valence-electron chi connectivity index (χ0n) is 16.5. The molecule has 0 aliphatic carbocycles. The SMILES string of the molecule is CC(C)c1noc(COC(=O)c2ccccc2NS(=O)(=O)c2cccc([N+](=O)[O-])c2)n1. The number of rotatable bonds is 8. The average molecular weight is 446 g/mol. The lowest BCUT2D eigenvalue weighted by molar-refractivity contribution is -0.385. The Balaban J connectivity index is 1.78. The second kappa shape index (κ2) is 8.92. The van der Waals surface area contributed by atoms with Crippen molar-refractivity contribution < 1.29 is 27.4 Å². The Labute approximate surface area is 177 Å². The maximum atomic E-state index is 12.7. The molecular formula is C19H18N4O7S. The van der Waals surface area contributed by atoms with Crippen LogP contribution in [0.1, 0.15) is 41.8 Å². The lowest BCUT2D eigenvalue weighted by Crippen LogP contribution is -2.16. The molecule has 2 aromatic carbocycles. The molecule has 0 atom stereocenters. The molecular weight excluding hydrogens is 428 g/mol.